The first-order chi connectivity index (χ1) is 22.6. The normalized spacial score (nSPS) is 19.5. The van der Waals surface area contributed by atoms with Crippen LogP contribution in [0.2, 0.25) is 13.1 Å². The zero-order chi connectivity index (χ0) is 33.9. The van der Waals surface area contributed by atoms with E-state index in [9.17, 15) is 24.0 Å². The molecule has 1 aliphatic heterocycles. The number of nitrogens with one attached hydrogen (secondary N) is 2. The standard InChI is InChI=1S/C24H31BN6O6.C10H12/c1-25(13-26)9-19(32)30-20(14-5-3-2-4-6-14)23(35)31-12-17(8-18(31)21(27)33)29-22(34)15-7-16(24(36)37)11-28-10-15;1-2-6-10-8-4-3-7-9(10)5-1/h7,10-11,14,17-18,20H,2-6,8-9,12H2,1H3,(H2,27,33)(H,29,34)(H,30,32)(H,36,37);1-2,5-6H,3-4,7-8H2. The van der Waals surface area contributed by atoms with Crippen molar-refractivity contribution in [1.82, 2.24) is 20.5 Å². The summed E-state index contributed by atoms with van der Waals surface area (Å²) in [7, 11) is 0. The average molecular weight is 643 g/mol. The molecule has 2 aliphatic carbocycles. The minimum atomic E-state index is -1.23. The number of nitriles is 1. The van der Waals surface area contributed by atoms with Crippen molar-refractivity contribution in [2.75, 3.05) is 6.54 Å². The lowest BCUT2D eigenvalue weighted by molar-refractivity contribution is -0.142. The molecular weight excluding hydrogens is 599 g/mol. The minimum absolute atomic E-state index is 0.00206. The van der Waals surface area contributed by atoms with Gasteiger partial charge in [0.2, 0.25) is 17.7 Å². The van der Waals surface area contributed by atoms with E-state index in [0.29, 0.717) is 0 Å². The molecule has 2 aromatic rings. The van der Waals surface area contributed by atoms with E-state index in [0.717, 1.165) is 38.3 Å². The second kappa shape index (κ2) is 16.7. The molecule has 1 saturated heterocycles. The van der Waals surface area contributed by atoms with Gasteiger partial charge in [-0.1, -0.05) is 50.4 Å². The quantitative estimate of drug-likeness (QED) is 0.300. The number of nitrogens with two attached hydrogens (primary N) is 1. The van der Waals surface area contributed by atoms with Gasteiger partial charge in [0.25, 0.3) is 12.6 Å². The number of rotatable bonds is 9. The number of carbonyl (C=O) groups excluding carboxylic acids is 4. The number of benzene rings is 1. The first-order valence-corrected chi connectivity index (χ1v) is 16.4. The molecule has 4 amide bonds. The third-order valence-corrected chi connectivity index (χ3v) is 9.17. The van der Waals surface area contributed by atoms with Gasteiger partial charge in [-0.15, -0.1) is 0 Å². The molecule has 0 spiro atoms. The van der Waals surface area contributed by atoms with Crippen molar-refractivity contribution in [3.8, 4) is 5.97 Å². The number of aromatic carboxylic acids is 1. The smallest absolute Gasteiger partial charge is 0.337 e. The summed E-state index contributed by atoms with van der Waals surface area (Å²) in [5.74, 6) is -1.52. The molecule has 0 radical (unpaired) electrons. The van der Waals surface area contributed by atoms with E-state index in [2.05, 4.69) is 39.9 Å². The molecule has 47 heavy (non-hydrogen) atoms. The molecular formula is C34H43BN6O6. The predicted octanol–water partition coefficient (Wildman–Crippen LogP) is 2.78. The van der Waals surface area contributed by atoms with Gasteiger partial charge in [-0.3, -0.25) is 24.2 Å². The van der Waals surface area contributed by atoms with Gasteiger partial charge in [-0.25, -0.2) is 10.1 Å². The van der Waals surface area contributed by atoms with Crippen molar-refractivity contribution in [3.63, 3.8) is 0 Å². The van der Waals surface area contributed by atoms with Gasteiger partial charge in [0.1, 0.15) is 12.1 Å². The number of aromatic nitrogens is 1. The number of aryl methyl sites for hydroxylation is 2. The number of amides is 4. The van der Waals surface area contributed by atoms with E-state index in [-0.39, 0.29) is 36.3 Å². The van der Waals surface area contributed by atoms with Crippen LogP contribution in [0.4, 0.5) is 0 Å². The summed E-state index contributed by atoms with van der Waals surface area (Å²) in [5.41, 5.74) is 8.63. The number of carboxylic acid groups (broad SMARTS) is 1. The van der Waals surface area contributed by atoms with Crippen molar-refractivity contribution >= 4 is 36.3 Å². The molecule has 248 valence electrons. The fourth-order valence-corrected chi connectivity index (χ4v) is 6.66. The number of fused-ring (bicyclic) bond motifs is 1. The van der Waals surface area contributed by atoms with Crippen LogP contribution in [-0.2, 0) is 27.2 Å². The average Bonchev–Trinajstić information content (AvgIpc) is 3.51. The van der Waals surface area contributed by atoms with E-state index in [1.807, 2.05) is 5.97 Å². The van der Waals surface area contributed by atoms with Gasteiger partial charge in [0.15, 0.2) is 0 Å². The molecule has 0 bridgehead atoms. The van der Waals surface area contributed by atoms with Crippen LogP contribution in [0.3, 0.4) is 0 Å². The topological polar surface area (TPSA) is 196 Å². The third kappa shape index (κ3) is 9.64. The van der Waals surface area contributed by atoms with Gasteiger partial charge in [0, 0.05) is 37.3 Å². The lowest BCUT2D eigenvalue weighted by atomic mass is 9.51. The maximum atomic E-state index is 13.7. The van der Waals surface area contributed by atoms with Crippen molar-refractivity contribution in [3.05, 3.63) is 65.0 Å². The maximum absolute atomic E-state index is 13.7. The number of hydrogen-bond acceptors (Lipinski definition) is 7. The van der Waals surface area contributed by atoms with Crippen LogP contribution >= 0.6 is 0 Å². The number of carboxylic acids is 1. The number of carbonyl (C=O) groups is 5. The molecule has 2 fully saturated rings. The van der Waals surface area contributed by atoms with E-state index in [1.54, 1.807) is 17.9 Å². The maximum Gasteiger partial charge on any atom is 0.337 e. The number of likely N-dealkylation sites (tertiary alicyclic amines) is 1. The van der Waals surface area contributed by atoms with Crippen LogP contribution < -0.4 is 16.4 Å². The zero-order valence-corrected chi connectivity index (χ0v) is 26.8. The molecule has 1 saturated carbocycles. The van der Waals surface area contributed by atoms with Crippen molar-refractivity contribution < 1.29 is 29.1 Å². The molecule has 3 atom stereocenters. The Labute approximate surface area is 275 Å². The highest BCUT2D eigenvalue weighted by molar-refractivity contribution is 6.68. The monoisotopic (exact) mass is 642 g/mol. The molecule has 3 aliphatic rings. The van der Waals surface area contributed by atoms with Gasteiger partial charge in [0.05, 0.1) is 11.1 Å². The van der Waals surface area contributed by atoms with Crippen LogP contribution in [0, 0.1) is 17.1 Å². The van der Waals surface area contributed by atoms with Gasteiger partial charge < -0.3 is 26.4 Å². The molecule has 1 aromatic heterocycles. The van der Waals surface area contributed by atoms with Gasteiger partial charge >= 0.3 is 5.97 Å². The fraction of sp³-hybridized carbons (Fsp3) is 0.500. The Morgan fingerprint density at radius 2 is 1.68 bits per heavy atom. The number of nitrogens with zero attached hydrogens (tertiary/aromatic N) is 3. The van der Waals surface area contributed by atoms with E-state index in [1.165, 1.54) is 42.8 Å². The Kier molecular flexibility index (Phi) is 12.5. The van der Waals surface area contributed by atoms with Crippen molar-refractivity contribution in [1.29, 1.82) is 5.26 Å². The summed E-state index contributed by atoms with van der Waals surface area (Å²) in [6.45, 7) is 1.11. The summed E-state index contributed by atoms with van der Waals surface area (Å²) in [6, 6.07) is 7.51. The molecule has 13 heteroatoms. The lowest BCUT2D eigenvalue weighted by Crippen LogP contribution is -2.56. The Morgan fingerprint density at radius 3 is 2.28 bits per heavy atom. The summed E-state index contributed by atoms with van der Waals surface area (Å²) in [5, 5.41) is 23.7. The van der Waals surface area contributed by atoms with Crippen LogP contribution in [0.25, 0.3) is 0 Å². The first-order valence-electron chi connectivity index (χ1n) is 16.4. The highest BCUT2D eigenvalue weighted by Crippen LogP contribution is 2.29. The Hall–Kier alpha value is -4.73. The molecule has 3 unspecified atom stereocenters. The van der Waals surface area contributed by atoms with Gasteiger partial charge in [-0.05, 0) is 68.1 Å². The van der Waals surface area contributed by atoms with E-state index < -0.39 is 54.4 Å². The van der Waals surface area contributed by atoms with Crippen LogP contribution in [-0.4, -0.2) is 76.0 Å². The minimum Gasteiger partial charge on any atom is -0.478 e. The van der Waals surface area contributed by atoms with Crippen molar-refractivity contribution in [2.24, 2.45) is 11.7 Å². The van der Waals surface area contributed by atoms with Crippen LogP contribution in [0.1, 0.15) is 83.2 Å². The third-order valence-electron chi connectivity index (χ3n) is 9.17. The van der Waals surface area contributed by atoms with Crippen LogP contribution in [0.15, 0.2) is 42.7 Å². The Bertz CT molecular complexity index is 1480. The van der Waals surface area contributed by atoms with Crippen molar-refractivity contribution in [2.45, 2.75) is 95.5 Å². The molecule has 2 heterocycles. The second-order valence-electron chi connectivity index (χ2n) is 12.7. The zero-order valence-electron chi connectivity index (χ0n) is 26.8. The number of pyridine rings is 1. The van der Waals surface area contributed by atoms with Crippen LogP contribution in [0.5, 0.6) is 0 Å². The lowest BCUT2D eigenvalue weighted by Gasteiger charge is -2.34. The SMILES string of the molecule is CB(C#N)CC(=O)NC(C(=O)N1CC(NC(=O)c2cncc(C(=O)O)c2)CC1C(N)=O)C1CCCCC1.c1ccc2c(c1)CCCC2. The largest absolute Gasteiger partial charge is 0.478 e. The Balaban J connectivity index is 0.000000420. The highest BCUT2D eigenvalue weighted by Gasteiger charge is 2.44. The highest BCUT2D eigenvalue weighted by atomic mass is 16.4. The summed E-state index contributed by atoms with van der Waals surface area (Å²) < 4.78 is 0. The molecule has 1 aromatic carbocycles. The van der Waals surface area contributed by atoms with Gasteiger partial charge in [-0.2, -0.15) is 0 Å². The Morgan fingerprint density at radius 1 is 1.04 bits per heavy atom. The van der Waals surface area contributed by atoms with E-state index >= 15 is 0 Å². The van der Waals surface area contributed by atoms with E-state index in [4.69, 9.17) is 16.1 Å². The summed E-state index contributed by atoms with van der Waals surface area (Å²) >= 11 is 0. The summed E-state index contributed by atoms with van der Waals surface area (Å²) in [4.78, 5) is 67.6. The number of primary amides is 1. The number of hydrogen-bond donors (Lipinski definition) is 4. The first kappa shape index (κ1) is 35.1. The molecule has 5 rings (SSSR count). The molecule has 5 N–H and O–H groups in total. The summed E-state index contributed by atoms with van der Waals surface area (Å²) in [6.07, 6.45) is 12.1. The predicted molar refractivity (Wildman–Crippen MR) is 175 cm³/mol. The fourth-order valence-electron chi connectivity index (χ4n) is 6.66. The molecule has 12 nitrogen and oxygen atoms in total. The second-order valence-corrected chi connectivity index (χ2v) is 12.7.